The van der Waals surface area contributed by atoms with E-state index in [4.69, 9.17) is 5.73 Å². The van der Waals surface area contributed by atoms with Gasteiger partial charge in [-0.25, -0.2) is 0 Å². The van der Waals surface area contributed by atoms with E-state index in [1.807, 2.05) is 19.9 Å². The topological polar surface area (TPSA) is 26.0 Å². The van der Waals surface area contributed by atoms with Crippen LogP contribution in [0.1, 0.15) is 27.2 Å². The number of nitrogens with two attached hydrogens (primary N) is 1. The van der Waals surface area contributed by atoms with Crippen LogP contribution in [0.4, 0.5) is 0 Å². The van der Waals surface area contributed by atoms with Crippen molar-refractivity contribution in [3.63, 3.8) is 0 Å². The summed E-state index contributed by atoms with van der Waals surface area (Å²) in [7, 11) is 0. The molecular formula is C9H17N. The van der Waals surface area contributed by atoms with E-state index in [1.54, 1.807) is 0 Å². The molecule has 0 saturated heterocycles. The Morgan fingerprint density at radius 3 is 2.30 bits per heavy atom. The fraction of sp³-hybridized carbons (Fsp3) is 0.556. The highest BCUT2D eigenvalue weighted by atomic mass is 14.6. The van der Waals surface area contributed by atoms with Crippen LogP contribution in [0.25, 0.3) is 0 Å². The number of hydrogen-bond acceptors (Lipinski definition) is 1. The third kappa shape index (κ3) is 2.36. The first-order chi connectivity index (χ1) is 4.63. The summed E-state index contributed by atoms with van der Waals surface area (Å²) in [5.41, 5.74) is 8.03. The second-order valence-corrected chi connectivity index (χ2v) is 2.49. The quantitative estimate of drug-likeness (QED) is 0.596. The van der Waals surface area contributed by atoms with E-state index in [9.17, 15) is 0 Å². The Kier molecular flexibility index (Phi) is 4.05. The lowest BCUT2D eigenvalue weighted by atomic mass is 10.00. The number of allylic oxidation sites excluding steroid dienone is 1. The lowest BCUT2D eigenvalue weighted by Gasteiger charge is -2.11. The van der Waals surface area contributed by atoms with Crippen LogP contribution in [-0.4, -0.2) is 6.04 Å². The van der Waals surface area contributed by atoms with Crippen molar-refractivity contribution < 1.29 is 0 Å². The van der Waals surface area contributed by atoms with E-state index in [-0.39, 0.29) is 6.04 Å². The SMILES string of the molecule is C=C(CC)/C(=C\C)C(C)N. The first-order valence-electron chi connectivity index (χ1n) is 3.73. The first-order valence-corrected chi connectivity index (χ1v) is 3.73. The van der Waals surface area contributed by atoms with Crippen molar-refractivity contribution in [2.75, 3.05) is 0 Å². The highest BCUT2D eigenvalue weighted by molar-refractivity contribution is 5.31. The molecule has 2 N–H and O–H groups in total. The van der Waals surface area contributed by atoms with Crippen LogP contribution in [0.15, 0.2) is 23.8 Å². The van der Waals surface area contributed by atoms with Gasteiger partial charge in [-0.1, -0.05) is 25.2 Å². The molecule has 0 bridgehead atoms. The minimum absolute atomic E-state index is 0.123. The summed E-state index contributed by atoms with van der Waals surface area (Å²) in [6.07, 6.45) is 3.03. The molecule has 0 aliphatic rings. The van der Waals surface area contributed by atoms with Gasteiger partial charge in [-0.15, -0.1) is 0 Å². The molecule has 1 atom stereocenters. The molecule has 0 aromatic heterocycles. The smallest absolute Gasteiger partial charge is 0.0265 e. The molecule has 1 unspecified atom stereocenters. The Hall–Kier alpha value is -0.560. The van der Waals surface area contributed by atoms with E-state index in [2.05, 4.69) is 13.5 Å². The molecule has 0 aromatic carbocycles. The molecular weight excluding hydrogens is 122 g/mol. The van der Waals surface area contributed by atoms with Gasteiger partial charge in [0.05, 0.1) is 0 Å². The van der Waals surface area contributed by atoms with Crippen LogP contribution in [0.5, 0.6) is 0 Å². The van der Waals surface area contributed by atoms with Gasteiger partial charge in [0.15, 0.2) is 0 Å². The van der Waals surface area contributed by atoms with Crippen LogP contribution >= 0.6 is 0 Å². The van der Waals surface area contributed by atoms with Gasteiger partial charge in [0.1, 0.15) is 0 Å². The summed E-state index contributed by atoms with van der Waals surface area (Å²) >= 11 is 0. The van der Waals surface area contributed by atoms with Crippen molar-refractivity contribution in [3.05, 3.63) is 23.8 Å². The van der Waals surface area contributed by atoms with E-state index in [0.29, 0.717) is 0 Å². The minimum Gasteiger partial charge on any atom is -0.324 e. The highest BCUT2D eigenvalue weighted by Gasteiger charge is 2.03. The zero-order valence-electron chi connectivity index (χ0n) is 7.15. The second kappa shape index (κ2) is 4.29. The van der Waals surface area contributed by atoms with Gasteiger partial charge in [0.25, 0.3) is 0 Å². The molecule has 0 fully saturated rings. The third-order valence-electron chi connectivity index (χ3n) is 1.64. The predicted octanol–water partition coefficient (Wildman–Crippen LogP) is 2.25. The molecule has 1 heteroatoms. The summed E-state index contributed by atoms with van der Waals surface area (Å²) in [5.74, 6) is 0. The van der Waals surface area contributed by atoms with Crippen LogP contribution in [0.2, 0.25) is 0 Å². The summed E-state index contributed by atoms with van der Waals surface area (Å²) < 4.78 is 0. The molecule has 0 radical (unpaired) electrons. The van der Waals surface area contributed by atoms with Gasteiger partial charge in [-0.3, -0.25) is 0 Å². The fourth-order valence-electron chi connectivity index (χ4n) is 0.993. The molecule has 10 heavy (non-hydrogen) atoms. The fourth-order valence-corrected chi connectivity index (χ4v) is 0.993. The second-order valence-electron chi connectivity index (χ2n) is 2.49. The van der Waals surface area contributed by atoms with E-state index in [1.165, 1.54) is 5.57 Å². The number of hydrogen-bond donors (Lipinski definition) is 1. The van der Waals surface area contributed by atoms with Gasteiger partial charge in [0, 0.05) is 6.04 Å². The molecule has 0 heterocycles. The van der Waals surface area contributed by atoms with E-state index < -0.39 is 0 Å². The van der Waals surface area contributed by atoms with Crippen molar-refractivity contribution >= 4 is 0 Å². The van der Waals surface area contributed by atoms with Crippen LogP contribution in [0.3, 0.4) is 0 Å². The van der Waals surface area contributed by atoms with Crippen LogP contribution in [0, 0.1) is 0 Å². The first kappa shape index (κ1) is 9.44. The van der Waals surface area contributed by atoms with Crippen molar-refractivity contribution in [2.24, 2.45) is 5.73 Å². The van der Waals surface area contributed by atoms with Crippen molar-refractivity contribution in [1.29, 1.82) is 0 Å². The van der Waals surface area contributed by atoms with Gasteiger partial charge >= 0.3 is 0 Å². The molecule has 0 aromatic rings. The lowest BCUT2D eigenvalue weighted by Crippen LogP contribution is -2.18. The molecule has 0 spiro atoms. The Morgan fingerprint density at radius 2 is 2.20 bits per heavy atom. The zero-order valence-corrected chi connectivity index (χ0v) is 7.15. The molecule has 0 aliphatic carbocycles. The van der Waals surface area contributed by atoms with Gasteiger partial charge in [-0.2, -0.15) is 0 Å². The Morgan fingerprint density at radius 1 is 1.70 bits per heavy atom. The molecule has 0 saturated carbocycles. The summed E-state index contributed by atoms with van der Waals surface area (Å²) in [6, 6.07) is 0.123. The predicted molar refractivity (Wildman–Crippen MR) is 46.8 cm³/mol. The maximum Gasteiger partial charge on any atom is 0.0265 e. The average molecular weight is 139 g/mol. The van der Waals surface area contributed by atoms with Crippen LogP contribution in [-0.2, 0) is 0 Å². The zero-order chi connectivity index (χ0) is 8.15. The summed E-state index contributed by atoms with van der Waals surface area (Å²) in [6.45, 7) is 9.99. The lowest BCUT2D eigenvalue weighted by molar-refractivity contribution is 0.851. The molecule has 0 aliphatic heterocycles. The Labute approximate surface area is 63.6 Å². The van der Waals surface area contributed by atoms with Crippen molar-refractivity contribution in [1.82, 2.24) is 0 Å². The monoisotopic (exact) mass is 139 g/mol. The summed E-state index contributed by atoms with van der Waals surface area (Å²) in [5, 5.41) is 0. The van der Waals surface area contributed by atoms with Gasteiger partial charge < -0.3 is 5.73 Å². The third-order valence-corrected chi connectivity index (χ3v) is 1.64. The standard InChI is InChI=1S/C9H17N/c1-5-7(3)9(6-2)8(4)10/h6,8H,3,5,10H2,1-2,4H3/b9-6+. The molecule has 1 nitrogen and oxygen atoms in total. The normalized spacial score (nSPS) is 15.0. The molecule has 0 rings (SSSR count). The molecule has 0 amide bonds. The highest BCUT2D eigenvalue weighted by Crippen LogP contribution is 2.13. The van der Waals surface area contributed by atoms with Crippen LogP contribution < -0.4 is 5.73 Å². The minimum atomic E-state index is 0.123. The number of rotatable bonds is 3. The summed E-state index contributed by atoms with van der Waals surface area (Å²) in [4.78, 5) is 0. The van der Waals surface area contributed by atoms with Gasteiger partial charge in [0.2, 0.25) is 0 Å². The largest absolute Gasteiger partial charge is 0.324 e. The van der Waals surface area contributed by atoms with E-state index in [0.717, 1.165) is 12.0 Å². The Bertz CT molecular complexity index is 143. The maximum atomic E-state index is 5.69. The average Bonchev–Trinajstić information content (AvgIpc) is 1.88. The van der Waals surface area contributed by atoms with Crippen molar-refractivity contribution in [3.8, 4) is 0 Å². The molecule has 58 valence electrons. The Balaban J connectivity index is 4.24. The van der Waals surface area contributed by atoms with Gasteiger partial charge in [-0.05, 0) is 25.8 Å². The maximum absolute atomic E-state index is 5.69. The van der Waals surface area contributed by atoms with Crippen molar-refractivity contribution in [2.45, 2.75) is 33.2 Å². The van der Waals surface area contributed by atoms with E-state index >= 15 is 0 Å².